The summed E-state index contributed by atoms with van der Waals surface area (Å²) in [5.41, 5.74) is 1.40. The van der Waals surface area contributed by atoms with E-state index in [1.54, 1.807) is 11.3 Å². The van der Waals surface area contributed by atoms with Crippen LogP contribution in [-0.4, -0.2) is 27.7 Å². The van der Waals surface area contributed by atoms with E-state index >= 15 is 0 Å². The number of hydrogen-bond acceptors (Lipinski definition) is 3. The SMILES string of the molecule is CC(C)(C)[N+]1(CCO)C=Cc2ccsc2S1. The molecular formula is C12H18NOS2+. The van der Waals surface area contributed by atoms with E-state index in [0.717, 1.165) is 10.4 Å². The van der Waals surface area contributed by atoms with Crippen LogP contribution in [0.15, 0.2) is 21.9 Å². The summed E-state index contributed by atoms with van der Waals surface area (Å²) in [4.78, 5) is 0. The molecule has 0 aliphatic carbocycles. The molecule has 1 aliphatic rings. The first-order chi connectivity index (χ1) is 7.48. The van der Waals surface area contributed by atoms with Gasteiger partial charge in [-0.25, -0.2) is 3.89 Å². The maximum atomic E-state index is 9.29. The van der Waals surface area contributed by atoms with Gasteiger partial charge in [-0.05, 0) is 32.2 Å². The smallest absolute Gasteiger partial charge is 0.129 e. The molecule has 1 N–H and O–H groups in total. The Kier molecular flexibility index (Phi) is 3.18. The van der Waals surface area contributed by atoms with Crippen LogP contribution in [0.2, 0.25) is 0 Å². The molecule has 0 saturated heterocycles. The molecule has 1 aliphatic heterocycles. The Bertz CT molecular complexity index is 405. The van der Waals surface area contributed by atoms with Crippen LogP contribution in [-0.2, 0) is 0 Å². The van der Waals surface area contributed by atoms with Crippen molar-refractivity contribution in [2.45, 2.75) is 30.5 Å². The van der Waals surface area contributed by atoms with Gasteiger partial charge in [0.25, 0.3) is 0 Å². The molecule has 0 radical (unpaired) electrons. The third-order valence-corrected chi connectivity index (χ3v) is 5.78. The van der Waals surface area contributed by atoms with Gasteiger partial charge in [0.15, 0.2) is 0 Å². The third-order valence-electron chi connectivity index (χ3n) is 2.97. The zero-order chi connectivity index (χ0) is 11.8. The van der Waals surface area contributed by atoms with E-state index in [0.29, 0.717) is 0 Å². The highest BCUT2D eigenvalue weighted by Crippen LogP contribution is 2.47. The Labute approximate surface area is 105 Å². The number of aliphatic hydroxyl groups is 1. The van der Waals surface area contributed by atoms with Crippen LogP contribution < -0.4 is 0 Å². The minimum atomic E-state index is 0.0889. The van der Waals surface area contributed by atoms with Gasteiger partial charge < -0.3 is 5.11 Å². The molecule has 1 aromatic heterocycles. The normalized spacial score (nSPS) is 24.5. The molecule has 4 heteroatoms. The molecule has 2 heterocycles. The minimum absolute atomic E-state index is 0.0889. The quantitative estimate of drug-likeness (QED) is 0.647. The molecule has 1 unspecified atom stereocenters. The minimum Gasteiger partial charge on any atom is -0.390 e. The highest BCUT2D eigenvalue weighted by molar-refractivity contribution is 7.96. The number of quaternary nitrogens is 1. The summed E-state index contributed by atoms with van der Waals surface area (Å²) in [6, 6.07) is 2.15. The zero-order valence-electron chi connectivity index (χ0n) is 9.93. The van der Waals surface area contributed by atoms with Gasteiger partial charge >= 0.3 is 0 Å². The lowest BCUT2D eigenvalue weighted by atomic mass is 10.1. The largest absolute Gasteiger partial charge is 0.390 e. The second kappa shape index (κ2) is 4.18. The molecule has 0 aromatic carbocycles. The van der Waals surface area contributed by atoms with Gasteiger partial charge in [-0.1, -0.05) is 0 Å². The molecule has 1 atom stereocenters. The number of fused-ring (bicyclic) bond motifs is 1. The standard InChI is InChI=1S/C12H18NOS2/c1-12(2,3)13(7-8-14)6-4-10-5-9-15-11(10)16-13/h4-6,9,14H,7-8H2,1-3H3/q+1. The third kappa shape index (κ3) is 1.95. The summed E-state index contributed by atoms with van der Waals surface area (Å²) in [6.07, 6.45) is 4.40. The monoisotopic (exact) mass is 256 g/mol. The van der Waals surface area contributed by atoms with Crippen molar-refractivity contribution < 1.29 is 8.99 Å². The lowest BCUT2D eigenvalue weighted by Gasteiger charge is -2.43. The molecule has 0 amide bonds. The Hall–Kier alpha value is -0.290. The van der Waals surface area contributed by atoms with E-state index in [1.165, 1.54) is 9.77 Å². The van der Waals surface area contributed by atoms with Crippen LogP contribution >= 0.6 is 23.3 Å². The van der Waals surface area contributed by atoms with Crippen LogP contribution in [0.1, 0.15) is 26.3 Å². The fourth-order valence-electron chi connectivity index (χ4n) is 1.85. The molecule has 88 valence electrons. The van der Waals surface area contributed by atoms with Crippen LogP contribution in [0, 0.1) is 0 Å². The van der Waals surface area contributed by atoms with E-state index in [2.05, 4.69) is 44.5 Å². The molecule has 0 saturated carbocycles. The fraction of sp³-hybridized carbons (Fsp3) is 0.500. The first-order valence-corrected chi connectivity index (χ1v) is 7.09. The molecule has 0 bridgehead atoms. The molecule has 0 fully saturated rings. The van der Waals surface area contributed by atoms with Crippen molar-refractivity contribution in [2.75, 3.05) is 13.2 Å². The number of thiophene rings is 1. The first-order valence-electron chi connectivity index (χ1n) is 5.43. The summed E-state index contributed by atoms with van der Waals surface area (Å²) in [5, 5.41) is 11.4. The van der Waals surface area contributed by atoms with Crippen molar-refractivity contribution in [1.82, 2.24) is 0 Å². The molecule has 1 aromatic rings. The van der Waals surface area contributed by atoms with Crippen LogP contribution in [0.25, 0.3) is 6.08 Å². The van der Waals surface area contributed by atoms with Gasteiger partial charge in [0.2, 0.25) is 0 Å². The molecule has 2 rings (SSSR count). The summed E-state index contributed by atoms with van der Waals surface area (Å²) >= 11 is 3.64. The number of nitrogens with zero attached hydrogens (tertiary/aromatic N) is 1. The molecular weight excluding hydrogens is 238 g/mol. The van der Waals surface area contributed by atoms with Gasteiger partial charge in [-0.2, -0.15) is 0 Å². The van der Waals surface area contributed by atoms with Crippen molar-refractivity contribution in [1.29, 1.82) is 0 Å². The lowest BCUT2D eigenvalue weighted by molar-refractivity contribution is -0.795. The average Bonchev–Trinajstić information content (AvgIpc) is 2.63. The van der Waals surface area contributed by atoms with E-state index < -0.39 is 0 Å². The topological polar surface area (TPSA) is 20.2 Å². The predicted molar refractivity (Wildman–Crippen MR) is 71.2 cm³/mol. The number of rotatable bonds is 2. The van der Waals surface area contributed by atoms with Gasteiger partial charge in [0.05, 0.1) is 6.61 Å². The maximum Gasteiger partial charge on any atom is 0.129 e. The Balaban J connectivity index is 2.38. The highest BCUT2D eigenvalue weighted by atomic mass is 32.2. The second-order valence-electron chi connectivity index (χ2n) is 4.98. The van der Waals surface area contributed by atoms with E-state index in [4.69, 9.17) is 0 Å². The number of aliphatic hydroxyl groups excluding tert-OH is 1. The fourth-order valence-corrected chi connectivity index (χ4v) is 4.30. The van der Waals surface area contributed by atoms with Crippen LogP contribution in [0.5, 0.6) is 0 Å². The van der Waals surface area contributed by atoms with Crippen molar-refractivity contribution in [3.8, 4) is 0 Å². The van der Waals surface area contributed by atoms with E-state index in [1.807, 2.05) is 11.9 Å². The zero-order valence-corrected chi connectivity index (χ0v) is 11.6. The molecule has 16 heavy (non-hydrogen) atoms. The summed E-state index contributed by atoms with van der Waals surface area (Å²) < 4.78 is 2.11. The Morgan fingerprint density at radius 3 is 2.75 bits per heavy atom. The Morgan fingerprint density at radius 1 is 1.38 bits per heavy atom. The van der Waals surface area contributed by atoms with Gasteiger partial charge in [-0.3, -0.25) is 0 Å². The van der Waals surface area contributed by atoms with E-state index in [-0.39, 0.29) is 12.1 Å². The summed E-state index contributed by atoms with van der Waals surface area (Å²) in [5.74, 6) is 0. The van der Waals surface area contributed by atoms with Gasteiger partial charge in [-0.15, -0.1) is 11.3 Å². The number of hydrogen-bond donors (Lipinski definition) is 1. The van der Waals surface area contributed by atoms with Crippen molar-refractivity contribution in [3.63, 3.8) is 0 Å². The van der Waals surface area contributed by atoms with Gasteiger partial charge in [0.1, 0.15) is 34.4 Å². The van der Waals surface area contributed by atoms with Crippen molar-refractivity contribution >= 4 is 29.4 Å². The summed E-state index contributed by atoms with van der Waals surface area (Å²) in [6.45, 7) is 7.63. The maximum absolute atomic E-state index is 9.29. The summed E-state index contributed by atoms with van der Waals surface area (Å²) in [7, 11) is 0. The highest BCUT2D eigenvalue weighted by Gasteiger charge is 2.43. The second-order valence-corrected chi connectivity index (χ2v) is 7.40. The van der Waals surface area contributed by atoms with Crippen LogP contribution in [0.4, 0.5) is 0 Å². The van der Waals surface area contributed by atoms with Crippen LogP contribution in [0.3, 0.4) is 0 Å². The van der Waals surface area contributed by atoms with Crippen molar-refractivity contribution in [3.05, 3.63) is 23.2 Å². The molecule has 2 nitrogen and oxygen atoms in total. The van der Waals surface area contributed by atoms with Gasteiger partial charge in [0, 0.05) is 11.6 Å². The lowest BCUT2D eigenvalue weighted by Crippen LogP contribution is -2.52. The Morgan fingerprint density at radius 2 is 2.12 bits per heavy atom. The average molecular weight is 256 g/mol. The molecule has 0 spiro atoms. The van der Waals surface area contributed by atoms with Crippen molar-refractivity contribution in [2.24, 2.45) is 0 Å². The predicted octanol–water partition coefficient (Wildman–Crippen LogP) is 3.35. The van der Waals surface area contributed by atoms with E-state index in [9.17, 15) is 5.11 Å². The first kappa shape index (κ1) is 12.2.